The van der Waals surface area contributed by atoms with Gasteiger partial charge in [-0.2, -0.15) is 5.10 Å². The number of carbonyl (C=O) groups is 1. The van der Waals surface area contributed by atoms with E-state index >= 15 is 0 Å². The summed E-state index contributed by atoms with van der Waals surface area (Å²) >= 11 is 1.91. The molecule has 0 saturated carbocycles. The highest BCUT2D eigenvalue weighted by Crippen LogP contribution is 2.25. The molecule has 2 aromatic heterocycles. The zero-order chi connectivity index (χ0) is 17.9. The molecule has 2 N–H and O–H groups in total. The Balaban J connectivity index is 1.34. The minimum atomic E-state index is 0.129. The van der Waals surface area contributed by atoms with Crippen LogP contribution in [0.1, 0.15) is 45.1 Å². The van der Waals surface area contributed by atoms with Gasteiger partial charge in [0.2, 0.25) is 0 Å². The van der Waals surface area contributed by atoms with Crippen molar-refractivity contribution in [3.63, 3.8) is 0 Å². The van der Waals surface area contributed by atoms with E-state index in [4.69, 9.17) is 0 Å². The Hall–Kier alpha value is -1.70. The molecule has 2 saturated heterocycles. The van der Waals surface area contributed by atoms with Crippen LogP contribution in [0.4, 0.5) is 0 Å². The molecule has 7 heteroatoms. The van der Waals surface area contributed by atoms with E-state index in [1.54, 1.807) is 6.20 Å². The topological polar surface area (TPSA) is 64.3 Å². The number of nitrogens with one attached hydrogen (secondary N) is 2. The fourth-order valence-corrected chi connectivity index (χ4v) is 4.88. The van der Waals surface area contributed by atoms with Gasteiger partial charge in [0.15, 0.2) is 0 Å². The maximum absolute atomic E-state index is 13.0. The number of thiophene rings is 1. The average molecular weight is 374 g/mol. The predicted octanol–water partition coefficient (Wildman–Crippen LogP) is 2.07. The summed E-state index contributed by atoms with van der Waals surface area (Å²) in [5, 5.41) is 10.6. The largest absolute Gasteiger partial charge is 0.336 e. The minimum absolute atomic E-state index is 0.129. The molecule has 4 heterocycles. The lowest BCUT2D eigenvalue weighted by Gasteiger charge is -2.34. The number of aromatic amines is 1. The summed E-state index contributed by atoms with van der Waals surface area (Å²) in [6, 6.07) is 4.48. The smallest absolute Gasteiger partial charge is 0.257 e. The van der Waals surface area contributed by atoms with Crippen molar-refractivity contribution in [2.75, 3.05) is 39.3 Å². The first-order valence-electron chi connectivity index (χ1n) is 9.57. The number of hydrogen-bond acceptors (Lipinski definition) is 5. The standard InChI is InChI=1S/C19H27N5OS/c1-2-15-3-4-16(26-15)13-23-7-9-24(10-8-23)19(25)17-12-21-22-18(17)14-5-6-20-11-14/h3-4,12,14,20H,2,5-11,13H2,1H3,(H,21,22). The van der Waals surface area contributed by atoms with E-state index in [9.17, 15) is 4.79 Å². The Morgan fingerprint density at radius 2 is 2.08 bits per heavy atom. The van der Waals surface area contributed by atoms with E-state index in [0.717, 1.165) is 69.9 Å². The van der Waals surface area contributed by atoms with Gasteiger partial charge in [0.25, 0.3) is 5.91 Å². The second kappa shape index (κ2) is 7.90. The van der Waals surface area contributed by atoms with Crippen molar-refractivity contribution in [3.8, 4) is 0 Å². The quantitative estimate of drug-likeness (QED) is 0.842. The van der Waals surface area contributed by atoms with Gasteiger partial charge in [0.1, 0.15) is 0 Å². The first-order valence-corrected chi connectivity index (χ1v) is 10.4. The molecule has 0 radical (unpaired) electrons. The molecule has 0 aromatic carbocycles. The third kappa shape index (κ3) is 3.70. The van der Waals surface area contributed by atoms with Crippen molar-refractivity contribution in [1.82, 2.24) is 25.3 Å². The third-order valence-electron chi connectivity index (χ3n) is 5.47. The lowest BCUT2D eigenvalue weighted by molar-refractivity contribution is 0.0628. The zero-order valence-electron chi connectivity index (χ0n) is 15.3. The molecule has 1 atom stereocenters. The second-order valence-corrected chi connectivity index (χ2v) is 8.43. The summed E-state index contributed by atoms with van der Waals surface area (Å²) < 4.78 is 0. The molecule has 26 heavy (non-hydrogen) atoms. The van der Waals surface area contributed by atoms with Crippen LogP contribution < -0.4 is 5.32 Å². The van der Waals surface area contributed by atoms with Gasteiger partial charge in [-0.05, 0) is 31.5 Å². The molecule has 2 fully saturated rings. The number of hydrogen-bond donors (Lipinski definition) is 2. The van der Waals surface area contributed by atoms with Crippen LogP contribution in [-0.4, -0.2) is 65.2 Å². The van der Waals surface area contributed by atoms with Gasteiger partial charge in [0.05, 0.1) is 17.5 Å². The number of amides is 1. The van der Waals surface area contributed by atoms with Crippen LogP contribution in [0.3, 0.4) is 0 Å². The molecule has 2 aliphatic rings. The third-order valence-corrected chi connectivity index (χ3v) is 6.69. The van der Waals surface area contributed by atoms with Gasteiger partial charge >= 0.3 is 0 Å². The first-order chi connectivity index (χ1) is 12.7. The van der Waals surface area contributed by atoms with Gasteiger partial charge in [-0.3, -0.25) is 14.8 Å². The Labute approximate surface area is 158 Å². The van der Waals surface area contributed by atoms with Crippen LogP contribution in [0.2, 0.25) is 0 Å². The summed E-state index contributed by atoms with van der Waals surface area (Å²) in [4.78, 5) is 20.3. The van der Waals surface area contributed by atoms with Crippen molar-refractivity contribution in [2.45, 2.75) is 32.2 Å². The molecule has 140 valence electrons. The number of aromatic nitrogens is 2. The fourth-order valence-electron chi connectivity index (χ4n) is 3.88. The summed E-state index contributed by atoms with van der Waals surface area (Å²) in [5.41, 5.74) is 1.77. The van der Waals surface area contributed by atoms with E-state index in [0.29, 0.717) is 5.92 Å². The number of aryl methyl sites for hydroxylation is 1. The molecule has 0 spiro atoms. The molecule has 2 aromatic rings. The minimum Gasteiger partial charge on any atom is -0.336 e. The number of H-pyrrole nitrogens is 1. The van der Waals surface area contributed by atoms with Crippen molar-refractivity contribution < 1.29 is 4.79 Å². The average Bonchev–Trinajstić information content (AvgIpc) is 3.42. The van der Waals surface area contributed by atoms with Gasteiger partial charge < -0.3 is 10.2 Å². The number of carbonyl (C=O) groups excluding carboxylic acids is 1. The highest BCUT2D eigenvalue weighted by atomic mass is 32.1. The lowest BCUT2D eigenvalue weighted by atomic mass is 10.0. The van der Waals surface area contributed by atoms with Crippen molar-refractivity contribution >= 4 is 17.2 Å². The number of piperazine rings is 1. The molecule has 0 bridgehead atoms. The first kappa shape index (κ1) is 17.7. The van der Waals surface area contributed by atoms with Crippen LogP contribution in [0.5, 0.6) is 0 Å². The van der Waals surface area contributed by atoms with E-state index < -0.39 is 0 Å². The Morgan fingerprint density at radius 3 is 2.77 bits per heavy atom. The maximum Gasteiger partial charge on any atom is 0.257 e. The van der Waals surface area contributed by atoms with Gasteiger partial charge in [-0.15, -0.1) is 11.3 Å². The van der Waals surface area contributed by atoms with E-state index in [2.05, 4.69) is 39.5 Å². The second-order valence-electron chi connectivity index (χ2n) is 7.18. The molecule has 6 nitrogen and oxygen atoms in total. The van der Waals surface area contributed by atoms with Crippen LogP contribution in [0.25, 0.3) is 0 Å². The SMILES string of the molecule is CCc1ccc(CN2CCN(C(=O)c3cn[nH]c3C3CCNC3)CC2)s1. The Morgan fingerprint density at radius 1 is 1.27 bits per heavy atom. The van der Waals surface area contributed by atoms with Crippen molar-refractivity contribution in [3.05, 3.63) is 39.3 Å². The molecule has 1 unspecified atom stereocenters. The Bertz CT molecular complexity index is 741. The molecular formula is C19H27N5OS. The highest BCUT2D eigenvalue weighted by molar-refractivity contribution is 7.11. The normalized spacial score (nSPS) is 21.4. The molecule has 2 aliphatic heterocycles. The highest BCUT2D eigenvalue weighted by Gasteiger charge is 2.28. The maximum atomic E-state index is 13.0. The Kier molecular flexibility index (Phi) is 5.38. The van der Waals surface area contributed by atoms with E-state index in [1.807, 2.05) is 16.2 Å². The fraction of sp³-hybridized carbons (Fsp3) is 0.579. The van der Waals surface area contributed by atoms with Gasteiger partial charge in [0, 0.05) is 54.9 Å². The van der Waals surface area contributed by atoms with Crippen LogP contribution in [0, 0.1) is 0 Å². The van der Waals surface area contributed by atoms with Crippen LogP contribution >= 0.6 is 11.3 Å². The molecule has 1 amide bonds. The monoisotopic (exact) mass is 373 g/mol. The zero-order valence-corrected chi connectivity index (χ0v) is 16.1. The summed E-state index contributed by atoms with van der Waals surface area (Å²) in [6.07, 6.45) is 3.88. The number of rotatable bonds is 5. The molecular weight excluding hydrogens is 346 g/mol. The van der Waals surface area contributed by atoms with Crippen LogP contribution in [-0.2, 0) is 13.0 Å². The van der Waals surface area contributed by atoms with E-state index in [-0.39, 0.29) is 5.91 Å². The molecule has 4 rings (SSSR count). The predicted molar refractivity (Wildman–Crippen MR) is 104 cm³/mol. The summed E-state index contributed by atoms with van der Waals surface area (Å²) in [6.45, 7) is 8.59. The van der Waals surface area contributed by atoms with Crippen molar-refractivity contribution in [1.29, 1.82) is 0 Å². The van der Waals surface area contributed by atoms with E-state index in [1.165, 1.54) is 9.75 Å². The van der Waals surface area contributed by atoms with Crippen molar-refractivity contribution in [2.24, 2.45) is 0 Å². The summed E-state index contributed by atoms with van der Waals surface area (Å²) in [5.74, 6) is 0.508. The summed E-state index contributed by atoms with van der Waals surface area (Å²) in [7, 11) is 0. The molecule has 0 aliphatic carbocycles. The number of nitrogens with zero attached hydrogens (tertiary/aromatic N) is 3. The lowest BCUT2D eigenvalue weighted by Crippen LogP contribution is -2.48. The van der Waals surface area contributed by atoms with Gasteiger partial charge in [-0.25, -0.2) is 0 Å². The van der Waals surface area contributed by atoms with Crippen LogP contribution in [0.15, 0.2) is 18.3 Å². The van der Waals surface area contributed by atoms with Gasteiger partial charge in [-0.1, -0.05) is 6.92 Å².